The lowest BCUT2D eigenvalue weighted by Crippen LogP contribution is -2.40. The van der Waals surface area contributed by atoms with Gasteiger partial charge in [0.2, 0.25) is 0 Å². The van der Waals surface area contributed by atoms with E-state index in [1.54, 1.807) is 0 Å². The van der Waals surface area contributed by atoms with Crippen LogP contribution in [0.4, 0.5) is 4.79 Å². The number of carbonyl (C=O) groups is 1. The van der Waals surface area contributed by atoms with Crippen molar-refractivity contribution in [3.63, 3.8) is 0 Å². The Morgan fingerprint density at radius 3 is 2.79 bits per heavy atom. The minimum atomic E-state index is 0.00714. The van der Waals surface area contributed by atoms with Gasteiger partial charge >= 0.3 is 6.03 Å². The number of amides is 2. The summed E-state index contributed by atoms with van der Waals surface area (Å²) in [5.74, 6) is 0. The van der Waals surface area contributed by atoms with Crippen molar-refractivity contribution in [2.24, 2.45) is 0 Å². The van der Waals surface area contributed by atoms with Gasteiger partial charge in [-0.25, -0.2) is 4.79 Å². The molecule has 0 spiro atoms. The number of nitrogens with one attached hydrogen (secondary N) is 1. The first-order valence-electron chi connectivity index (χ1n) is 10.1. The van der Waals surface area contributed by atoms with Crippen LogP contribution in [0, 0.1) is 0 Å². The summed E-state index contributed by atoms with van der Waals surface area (Å²) >= 11 is 1.93. The number of aromatic nitrogens is 1. The third-order valence-electron chi connectivity index (χ3n) is 6.03. The summed E-state index contributed by atoms with van der Waals surface area (Å²) < 4.78 is 2.31. The van der Waals surface area contributed by atoms with E-state index in [2.05, 4.69) is 35.1 Å². The Hall–Kier alpha value is -2.53. The van der Waals surface area contributed by atoms with Crippen LogP contribution in [0.25, 0.3) is 5.00 Å². The highest BCUT2D eigenvalue weighted by Gasteiger charge is 2.32. The van der Waals surface area contributed by atoms with Gasteiger partial charge in [-0.05, 0) is 55.9 Å². The number of fused-ring (bicyclic) bond motifs is 5. The third kappa shape index (κ3) is 2.94. The lowest BCUT2D eigenvalue weighted by atomic mass is 9.95. The highest BCUT2D eigenvalue weighted by atomic mass is 32.1. The molecule has 2 aromatic heterocycles. The SMILES string of the molecule is C[C@H]1c2cccn2-c2sc3c(c2CN1C(=O)NCc1ccccc1)CCCC3. The Balaban J connectivity index is 1.48. The highest BCUT2D eigenvalue weighted by Crippen LogP contribution is 2.42. The smallest absolute Gasteiger partial charge is 0.318 e. The summed E-state index contributed by atoms with van der Waals surface area (Å²) in [5, 5.41) is 4.45. The lowest BCUT2D eigenvalue weighted by molar-refractivity contribution is 0.174. The Morgan fingerprint density at radius 1 is 1.11 bits per heavy atom. The zero-order chi connectivity index (χ0) is 19.1. The molecule has 1 N–H and O–H groups in total. The molecular weight excluding hydrogens is 366 g/mol. The number of benzene rings is 1. The summed E-state index contributed by atoms with van der Waals surface area (Å²) in [6.07, 6.45) is 7.01. The Labute approximate surface area is 169 Å². The first kappa shape index (κ1) is 17.6. The predicted octanol–water partition coefficient (Wildman–Crippen LogP) is 5.20. The van der Waals surface area contributed by atoms with E-state index >= 15 is 0 Å². The number of rotatable bonds is 2. The molecule has 0 saturated heterocycles. The molecule has 1 aliphatic heterocycles. The average Bonchev–Trinajstić information content (AvgIpc) is 3.33. The number of hydrogen-bond acceptors (Lipinski definition) is 2. The summed E-state index contributed by atoms with van der Waals surface area (Å²) in [7, 11) is 0. The van der Waals surface area contributed by atoms with Gasteiger partial charge in [0, 0.05) is 28.9 Å². The number of aryl methyl sites for hydroxylation is 1. The van der Waals surface area contributed by atoms with E-state index in [9.17, 15) is 4.79 Å². The molecule has 2 aliphatic rings. The van der Waals surface area contributed by atoms with Crippen molar-refractivity contribution in [2.75, 3.05) is 0 Å². The molecule has 144 valence electrons. The van der Waals surface area contributed by atoms with Crippen LogP contribution in [-0.4, -0.2) is 15.5 Å². The quantitative estimate of drug-likeness (QED) is 0.640. The second-order valence-electron chi connectivity index (χ2n) is 7.75. The van der Waals surface area contributed by atoms with Crippen molar-refractivity contribution in [2.45, 2.75) is 51.7 Å². The molecule has 1 aliphatic carbocycles. The molecule has 1 atom stereocenters. The van der Waals surface area contributed by atoms with Gasteiger partial charge in [-0.2, -0.15) is 0 Å². The van der Waals surface area contributed by atoms with Crippen LogP contribution < -0.4 is 5.32 Å². The molecular formula is C23H25N3OS. The maximum Gasteiger partial charge on any atom is 0.318 e. The molecule has 0 fully saturated rings. The molecule has 4 nitrogen and oxygen atoms in total. The Morgan fingerprint density at radius 2 is 1.93 bits per heavy atom. The van der Waals surface area contributed by atoms with Gasteiger partial charge in [-0.1, -0.05) is 30.3 Å². The second kappa shape index (κ2) is 7.13. The first-order valence-corrected chi connectivity index (χ1v) is 10.9. The fourth-order valence-electron chi connectivity index (χ4n) is 4.48. The van der Waals surface area contributed by atoms with Gasteiger partial charge in [-0.3, -0.25) is 0 Å². The summed E-state index contributed by atoms with van der Waals surface area (Å²) in [5.41, 5.74) is 5.17. The summed E-state index contributed by atoms with van der Waals surface area (Å²) in [6.45, 7) is 3.38. The van der Waals surface area contributed by atoms with Crippen molar-refractivity contribution in [1.82, 2.24) is 14.8 Å². The molecule has 5 rings (SSSR count). The zero-order valence-electron chi connectivity index (χ0n) is 16.1. The number of urea groups is 1. The van der Waals surface area contributed by atoms with Crippen molar-refractivity contribution >= 4 is 17.4 Å². The molecule has 2 amide bonds. The molecule has 3 heterocycles. The molecule has 5 heteroatoms. The number of nitrogens with zero attached hydrogens (tertiary/aromatic N) is 2. The molecule has 0 saturated carbocycles. The van der Waals surface area contributed by atoms with E-state index in [0.29, 0.717) is 13.1 Å². The van der Waals surface area contributed by atoms with Crippen LogP contribution in [0.3, 0.4) is 0 Å². The number of carbonyl (C=O) groups excluding carboxylic acids is 1. The molecule has 3 aromatic rings. The highest BCUT2D eigenvalue weighted by molar-refractivity contribution is 7.15. The van der Waals surface area contributed by atoms with E-state index < -0.39 is 0 Å². The molecule has 0 radical (unpaired) electrons. The number of hydrogen-bond donors (Lipinski definition) is 1. The topological polar surface area (TPSA) is 37.3 Å². The fourth-order valence-corrected chi connectivity index (χ4v) is 5.89. The first-order chi connectivity index (χ1) is 13.7. The molecule has 0 unspecified atom stereocenters. The standard InChI is InChI=1S/C23H25N3OS/c1-16-20-11-7-13-25(20)22-19(18-10-5-6-12-21(18)28-22)15-26(16)23(27)24-14-17-8-3-2-4-9-17/h2-4,7-9,11,13,16H,5-6,10,12,14-15H2,1H3,(H,24,27)/t16-/m0/s1. The second-order valence-corrected chi connectivity index (χ2v) is 8.83. The van der Waals surface area contributed by atoms with Gasteiger partial charge in [-0.15, -0.1) is 11.3 Å². The van der Waals surface area contributed by atoms with Crippen molar-refractivity contribution < 1.29 is 4.79 Å². The van der Waals surface area contributed by atoms with Crippen LogP contribution in [0.5, 0.6) is 0 Å². The lowest BCUT2D eigenvalue weighted by Gasteiger charge is -2.28. The van der Waals surface area contributed by atoms with Gasteiger partial charge < -0.3 is 14.8 Å². The van der Waals surface area contributed by atoms with Gasteiger partial charge in [0.15, 0.2) is 0 Å². The van der Waals surface area contributed by atoms with Crippen molar-refractivity contribution in [3.8, 4) is 5.00 Å². The van der Waals surface area contributed by atoms with Crippen LogP contribution in [0.15, 0.2) is 48.7 Å². The van der Waals surface area contributed by atoms with Crippen molar-refractivity contribution in [1.29, 1.82) is 0 Å². The minimum Gasteiger partial charge on any atom is -0.334 e. The summed E-state index contributed by atoms with van der Waals surface area (Å²) in [6, 6.07) is 14.4. The van der Waals surface area contributed by atoms with E-state index in [-0.39, 0.29) is 12.1 Å². The maximum atomic E-state index is 13.2. The van der Waals surface area contributed by atoms with Gasteiger partial charge in [0.05, 0.1) is 12.6 Å². The van der Waals surface area contributed by atoms with Gasteiger partial charge in [0.1, 0.15) is 5.00 Å². The van der Waals surface area contributed by atoms with Crippen LogP contribution >= 0.6 is 11.3 Å². The third-order valence-corrected chi connectivity index (χ3v) is 7.36. The van der Waals surface area contributed by atoms with Gasteiger partial charge in [0.25, 0.3) is 0 Å². The Bertz CT molecular complexity index is 1000. The maximum absolute atomic E-state index is 13.2. The van der Waals surface area contributed by atoms with Crippen LogP contribution in [-0.2, 0) is 25.9 Å². The monoisotopic (exact) mass is 391 g/mol. The van der Waals surface area contributed by atoms with Crippen LogP contribution in [0.2, 0.25) is 0 Å². The fraction of sp³-hybridized carbons (Fsp3) is 0.348. The normalized spacial score (nSPS) is 18.0. The molecule has 0 bridgehead atoms. The predicted molar refractivity (Wildman–Crippen MR) is 113 cm³/mol. The van der Waals surface area contributed by atoms with E-state index in [4.69, 9.17) is 0 Å². The summed E-state index contributed by atoms with van der Waals surface area (Å²) in [4.78, 5) is 16.7. The molecule has 28 heavy (non-hydrogen) atoms. The van der Waals surface area contributed by atoms with Crippen molar-refractivity contribution in [3.05, 3.63) is 75.9 Å². The number of thiophene rings is 1. The van der Waals surface area contributed by atoms with Crippen LogP contribution in [0.1, 0.15) is 53.1 Å². The largest absolute Gasteiger partial charge is 0.334 e. The minimum absolute atomic E-state index is 0.00714. The van der Waals surface area contributed by atoms with E-state index in [1.165, 1.54) is 46.0 Å². The zero-order valence-corrected chi connectivity index (χ0v) is 17.0. The Kier molecular flexibility index (Phi) is 4.47. The molecule has 1 aromatic carbocycles. The van der Waals surface area contributed by atoms with E-state index in [1.807, 2.05) is 46.6 Å². The average molecular weight is 392 g/mol. The van der Waals surface area contributed by atoms with E-state index in [0.717, 1.165) is 12.0 Å².